The molecule has 110 valence electrons. The maximum Gasteiger partial charge on any atom is 0.239 e. The van der Waals surface area contributed by atoms with Crippen LogP contribution in [0.25, 0.3) is 0 Å². The number of nitrogens with one attached hydrogen (secondary N) is 2. The number of benzene rings is 1. The molecule has 0 spiro atoms. The van der Waals surface area contributed by atoms with Gasteiger partial charge in [-0.15, -0.1) is 0 Å². The van der Waals surface area contributed by atoms with Gasteiger partial charge in [0.05, 0.1) is 0 Å². The van der Waals surface area contributed by atoms with Crippen LogP contribution in [-0.2, 0) is 9.59 Å². The molecule has 0 aliphatic heterocycles. The summed E-state index contributed by atoms with van der Waals surface area (Å²) in [6, 6.07) is 5.80. The van der Waals surface area contributed by atoms with Crippen molar-refractivity contribution in [2.24, 2.45) is 5.41 Å². The molecule has 0 fully saturated rings. The Balaban J connectivity index is 2.81. The van der Waals surface area contributed by atoms with E-state index in [0.29, 0.717) is 6.54 Å². The Morgan fingerprint density at radius 2 is 1.80 bits per heavy atom. The third-order valence-electron chi connectivity index (χ3n) is 3.30. The largest absolute Gasteiger partial charge is 0.355 e. The van der Waals surface area contributed by atoms with Crippen LogP contribution in [0.5, 0.6) is 0 Å². The molecule has 1 aromatic rings. The van der Waals surface area contributed by atoms with Crippen LogP contribution < -0.4 is 10.6 Å². The quantitative estimate of drug-likeness (QED) is 0.812. The topological polar surface area (TPSA) is 58.2 Å². The van der Waals surface area contributed by atoms with E-state index in [0.717, 1.165) is 23.2 Å². The van der Waals surface area contributed by atoms with Crippen LogP contribution in [0.15, 0.2) is 18.2 Å². The van der Waals surface area contributed by atoms with E-state index in [1.807, 2.05) is 39.0 Å². The summed E-state index contributed by atoms with van der Waals surface area (Å²) in [7, 11) is 0. The number of carbonyl (C=O) groups excluding carboxylic acids is 2. The Bertz CT molecular complexity index is 507. The fraction of sp³-hybridized carbons (Fsp3) is 0.500. The summed E-state index contributed by atoms with van der Waals surface area (Å²) in [5.41, 5.74) is 1.78. The number of amides is 2. The van der Waals surface area contributed by atoms with Crippen molar-refractivity contribution in [3.63, 3.8) is 0 Å². The van der Waals surface area contributed by atoms with E-state index in [4.69, 9.17) is 0 Å². The Kier molecular flexibility index (Phi) is 5.31. The molecule has 0 radical (unpaired) electrons. The molecule has 2 N–H and O–H groups in total. The average Bonchev–Trinajstić information content (AvgIpc) is 2.38. The zero-order chi connectivity index (χ0) is 15.3. The molecule has 2 amide bonds. The Labute approximate surface area is 121 Å². The fourth-order valence-corrected chi connectivity index (χ4v) is 1.80. The summed E-state index contributed by atoms with van der Waals surface area (Å²) in [5.74, 6) is -0.542. The first-order valence-corrected chi connectivity index (χ1v) is 6.96. The van der Waals surface area contributed by atoms with Crippen LogP contribution in [0.4, 0.5) is 5.69 Å². The minimum atomic E-state index is -1.09. The van der Waals surface area contributed by atoms with Gasteiger partial charge in [-0.2, -0.15) is 0 Å². The van der Waals surface area contributed by atoms with Crippen molar-refractivity contribution < 1.29 is 9.59 Å². The number of hydrogen-bond donors (Lipinski definition) is 2. The van der Waals surface area contributed by atoms with Crippen LogP contribution >= 0.6 is 0 Å². The highest BCUT2D eigenvalue weighted by Crippen LogP contribution is 2.22. The molecule has 0 unspecified atom stereocenters. The Morgan fingerprint density at radius 3 is 2.35 bits per heavy atom. The van der Waals surface area contributed by atoms with E-state index >= 15 is 0 Å². The van der Waals surface area contributed by atoms with Crippen LogP contribution in [0.3, 0.4) is 0 Å². The highest BCUT2D eigenvalue weighted by molar-refractivity contribution is 6.10. The van der Waals surface area contributed by atoms with Gasteiger partial charge in [-0.1, -0.05) is 24.6 Å². The van der Waals surface area contributed by atoms with E-state index in [-0.39, 0.29) is 11.8 Å². The molecule has 20 heavy (non-hydrogen) atoms. The fourth-order valence-electron chi connectivity index (χ4n) is 1.80. The number of rotatable bonds is 5. The highest BCUT2D eigenvalue weighted by atomic mass is 16.2. The van der Waals surface area contributed by atoms with Crippen LogP contribution in [0.1, 0.15) is 38.3 Å². The molecule has 0 aromatic heterocycles. The molecule has 0 aliphatic rings. The standard InChI is InChI=1S/C16H24N2O2/c1-6-9-17-14(19)16(4,5)15(20)18-13-8-7-11(2)10-12(13)3/h7-8,10H,6,9H2,1-5H3,(H,17,19)(H,18,20). The van der Waals surface area contributed by atoms with Gasteiger partial charge in [-0.3, -0.25) is 9.59 Å². The highest BCUT2D eigenvalue weighted by Gasteiger charge is 2.35. The van der Waals surface area contributed by atoms with Gasteiger partial charge in [0.25, 0.3) is 0 Å². The lowest BCUT2D eigenvalue weighted by atomic mass is 9.90. The van der Waals surface area contributed by atoms with Crippen molar-refractivity contribution in [3.05, 3.63) is 29.3 Å². The van der Waals surface area contributed by atoms with Crippen molar-refractivity contribution >= 4 is 17.5 Å². The second-order valence-electron chi connectivity index (χ2n) is 5.65. The van der Waals surface area contributed by atoms with E-state index in [1.54, 1.807) is 13.8 Å². The summed E-state index contributed by atoms with van der Waals surface area (Å²) in [6.07, 6.45) is 0.848. The molecule has 0 aliphatic carbocycles. The Morgan fingerprint density at radius 1 is 1.15 bits per heavy atom. The molecule has 1 rings (SSSR count). The smallest absolute Gasteiger partial charge is 0.239 e. The van der Waals surface area contributed by atoms with E-state index < -0.39 is 5.41 Å². The zero-order valence-electron chi connectivity index (χ0n) is 13.0. The second kappa shape index (κ2) is 6.55. The molecular weight excluding hydrogens is 252 g/mol. The van der Waals surface area contributed by atoms with Gasteiger partial charge < -0.3 is 10.6 Å². The molecule has 0 saturated carbocycles. The molecule has 1 aromatic carbocycles. The summed E-state index contributed by atoms with van der Waals surface area (Å²) in [4.78, 5) is 24.3. The van der Waals surface area contributed by atoms with Gasteiger partial charge in [-0.05, 0) is 45.7 Å². The minimum Gasteiger partial charge on any atom is -0.355 e. The number of aryl methyl sites for hydroxylation is 2. The van der Waals surface area contributed by atoms with E-state index in [2.05, 4.69) is 10.6 Å². The first kappa shape index (κ1) is 16.2. The molecule has 4 nitrogen and oxygen atoms in total. The maximum absolute atomic E-state index is 12.3. The minimum absolute atomic E-state index is 0.249. The van der Waals surface area contributed by atoms with Gasteiger partial charge in [0.2, 0.25) is 11.8 Å². The summed E-state index contributed by atoms with van der Waals surface area (Å²) in [5, 5.41) is 5.60. The van der Waals surface area contributed by atoms with Gasteiger partial charge in [-0.25, -0.2) is 0 Å². The maximum atomic E-state index is 12.3. The first-order valence-electron chi connectivity index (χ1n) is 6.96. The van der Waals surface area contributed by atoms with E-state index in [9.17, 15) is 9.59 Å². The first-order chi connectivity index (χ1) is 9.28. The normalized spacial score (nSPS) is 11.1. The van der Waals surface area contributed by atoms with Gasteiger partial charge in [0.1, 0.15) is 5.41 Å². The SMILES string of the molecule is CCCNC(=O)C(C)(C)C(=O)Nc1ccc(C)cc1C. The van der Waals surface area contributed by atoms with Crippen molar-refractivity contribution in [1.29, 1.82) is 0 Å². The summed E-state index contributed by atoms with van der Waals surface area (Å²) < 4.78 is 0. The van der Waals surface area contributed by atoms with Gasteiger partial charge >= 0.3 is 0 Å². The molecule has 0 atom stereocenters. The van der Waals surface area contributed by atoms with Crippen LogP contribution in [-0.4, -0.2) is 18.4 Å². The second-order valence-corrected chi connectivity index (χ2v) is 5.65. The number of hydrogen-bond acceptors (Lipinski definition) is 2. The zero-order valence-corrected chi connectivity index (χ0v) is 13.0. The van der Waals surface area contributed by atoms with Crippen molar-refractivity contribution in [2.45, 2.75) is 41.0 Å². The monoisotopic (exact) mass is 276 g/mol. The lowest BCUT2D eigenvalue weighted by Gasteiger charge is -2.23. The average molecular weight is 276 g/mol. The lowest BCUT2D eigenvalue weighted by molar-refractivity contribution is -0.138. The molecular formula is C16H24N2O2. The molecule has 4 heteroatoms. The van der Waals surface area contributed by atoms with Crippen molar-refractivity contribution in [1.82, 2.24) is 5.32 Å². The number of carbonyl (C=O) groups is 2. The molecule has 0 saturated heterocycles. The van der Waals surface area contributed by atoms with E-state index in [1.165, 1.54) is 0 Å². The predicted molar refractivity (Wildman–Crippen MR) is 81.6 cm³/mol. The lowest BCUT2D eigenvalue weighted by Crippen LogP contribution is -2.45. The van der Waals surface area contributed by atoms with Crippen LogP contribution in [0, 0.1) is 19.3 Å². The van der Waals surface area contributed by atoms with Crippen molar-refractivity contribution in [2.75, 3.05) is 11.9 Å². The predicted octanol–water partition coefficient (Wildman–Crippen LogP) is 2.79. The number of anilines is 1. The van der Waals surface area contributed by atoms with Crippen molar-refractivity contribution in [3.8, 4) is 0 Å². The van der Waals surface area contributed by atoms with Crippen LogP contribution in [0.2, 0.25) is 0 Å². The van der Waals surface area contributed by atoms with Gasteiger partial charge in [0.15, 0.2) is 0 Å². The Hall–Kier alpha value is -1.84. The summed E-state index contributed by atoms with van der Waals surface area (Å²) >= 11 is 0. The molecule has 0 heterocycles. The third-order valence-corrected chi connectivity index (χ3v) is 3.30. The summed E-state index contributed by atoms with van der Waals surface area (Å²) in [6.45, 7) is 9.77. The third kappa shape index (κ3) is 3.83. The molecule has 0 bridgehead atoms. The van der Waals surface area contributed by atoms with Gasteiger partial charge in [0, 0.05) is 12.2 Å².